The Morgan fingerprint density at radius 3 is 2.20 bits per heavy atom. The lowest BCUT2D eigenvalue weighted by molar-refractivity contribution is 0.584. The summed E-state index contributed by atoms with van der Waals surface area (Å²) >= 11 is 10.8. The van der Waals surface area contributed by atoms with Crippen LogP contribution in [0.4, 0.5) is 24.5 Å². The van der Waals surface area contributed by atoms with Crippen LogP contribution in [0.3, 0.4) is 0 Å². The molecule has 7 heteroatoms. The monoisotopic (exact) mass is 316 g/mol. The smallest absolute Gasteiger partial charge is 0.175 e. The van der Waals surface area contributed by atoms with Crippen molar-refractivity contribution in [1.82, 2.24) is 0 Å². The van der Waals surface area contributed by atoms with Crippen LogP contribution in [0.1, 0.15) is 0 Å². The van der Waals surface area contributed by atoms with Crippen LogP contribution >= 0.6 is 23.8 Å². The first-order valence-electron chi connectivity index (χ1n) is 5.43. The van der Waals surface area contributed by atoms with E-state index in [9.17, 15) is 13.2 Å². The molecule has 0 atom stereocenters. The lowest BCUT2D eigenvalue weighted by Gasteiger charge is -2.12. The van der Waals surface area contributed by atoms with Gasteiger partial charge in [0.1, 0.15) is 17.5 Å². The predicted molar refractivity (Wildman–Crippen MR) is 77.6 cm³/mol. The van der Waals surface area contributed by atoms with Crippen LogP contribution in [-0.2, 0) is 0 Å². The zero-order valence-electron chi connectivity index (χ0n) is 9.88. The van der Waals surface area contributed by atoms with Gasteiger partial charge in [-0.2, -0.15) is 0 Å². The standard InChI is InChI=1S/C13H8ClF3N2S/c14-11-2-1-7(15)6-12(11)19-13(20)18-10-4-8(16)3-9(17)5-10/h1-6H,(H2,18,19,20). The van der Waals surface area contributed by atoms with E-state index < -0.39 is 17.5 Å². The molecule has 0 bridgehead atoms. The van der Waals surface area contributed by atoms with E-state index >= 15 is 0 Å². The first-order chi connectivity index (χ1) is 9.44. The molecular weight excluding hydrogens is 309 g/mol. The van der Waals surface area contributed by atoms with Gasteiger partial charge in [-0.3, -0.25) is 0 Å². The summed E-state index contributed by atoms with van der Waals surface area (Å²) in [5.74, 6) is -1.96. The van der Waals surface area contributed by atoms with Gasteiger partial charge >= 0.3 is 0 Å². The zero-order valence-corrected chi connectivity index (χ0v) is 11.5. The maximum atomic E-state index is 13.1. The third-order valence-electron chi connectivity index (χ3n) is 2.30. The van der Waals surface area contributed by atoms with E-state index in [4.69, 9.17) is 23.8 Å². The molecule has 0 aliphatic rings. The van der Waals surface area contributed by atoms with Gasteiger partial charge in [-0.05, 0) is 42.5 Å². The number of nitrogens with one attached hydrogen (secondary N) is 2. The molecule has 0 aliphatic heterocycles. The van der Waals surface area contributed by atoms with Crippen LogP contribution in [0, 0.1) is 17.5 Å². The van der Waals surface area contributed by atoms with E-state index in [1.165, 1.54) is 12.1 Å². The van der Waals surface area contributed by atoms with Gasteiger partial charge in [0.15, 0.2) is 5.11 Å². The first kappa shape index (κ1) is 14.6. The number of benzene rings is 2. The van der Waals surface area contributed by atoms with E-state index in [2.05, 4.69) is 10.6 Å². The van der Waals surface area contributed by atoms with E-state index in [0.717, 1.165) is 24.3 Å². The molecule has 0 saturated carbocycles. The molecule has 0 heterocycles. The van der Waals surface area contributed by atoms with Gasteiger partial charge in [0, 0.05) is 11.8 Å². The molecule has 2 N–H and O–H groups in total. The van der Waals surface area contributed by atoms with Crippen LogP contribution in [0.25, 0.3) is 0 Å². The molecule has 0 spiro atoms. The molecule has 0 saturated heterocycles. The highest BCUT2D eigenvalue weighted by molar-refractivity contribution is 7.80. The fourth-order valence-corrected chi connectivity index (χ4v) is 1.90. The Kier molecular flexibility index (Phi) is 4.46. The number of rotatable bonds is 2. The zero-order chi connectivity index (χ0) is 14.7. The molecule has 0 aromatic heterocycles. The lowest BCUT2D eigenvalue weighted by Crippen LogP contribution is -2.19. The van der Waals surface area contributed by atoms with Gasteiger partial charge in [0.05, 0.1) is 10.7 Å². The fourth-order valence-electron chi connectivity index (χ4n) is 1.50. The Bertz CT molecular complexity index is 644. The van der Waals surface area contributed by atoms with Gasteiger partial charge < -0.3 is 10.6 Å². The van der Waals surface area contributed by atoms with Gasteiger partial charge in [-0.1, -0.05) is 11.6 Å². The largest absolute Gasteiger partial charge is 0.332 e. The highest BCUT2D eigenvalue weighted by Gasteiger charge is 2.06. The van der Waals surface area contributed by atoms with Crippen molar-refractivity contribution in [1.29, 1.82) is 0 Å². The maximum Gasteiger partial charge on any atom is 0.175 e. The van der Waals surface area contributed by atoms with Gasteiger partial charge in [-0.25, -0.2) is 13.2 Å². The normalized spacial score (nSPS) is 10.2. The highest BCUT2D eigenvalue weighted by Crippen LogP contribution is 2.22. The Labute approximate surface area is 123 Å². The molecule has 2 rings (SSSR count). The summed E-state index contributed by atoms with van der Waals surface area (Å²) in [6.45, 7) is 0. The average molecular weight is 317 g/mol. The molecule has 0 aliphatic carbocycles. The molecule has 104 valence electrons. The second-order valence-electron chi connectivity index (χ2n) is 3.86. The van der Waals surface area contributed by atoms with E-state index in [-0.39, 0.29) is 21.5 Å². The van der Waals surface area contributed by atoms with Crippen molar-refractivity contribution in [2.75, 3.05) is 10.6 Å². The Morgan fingerprint density at radius 1 is 0.900 bits per heavy atom. The molecule has 0 fully saturated rings. The molecular formula is C13H8ClF3N2S. The SMILES string of the molecule is Fc1cc(F)cc(NC(=S)Nc2cc(F)ccc2Cl)c1. The number of hydrogen-bond donors (Lipinski definition) is 2. The van der Waals surface area contributed by atoms with Crippen LogP contribution in [0.15, 0.2) is 36.4 Å². The summed E-state index contributed by atoms with van der Waals surface area (Å²) in [6.07, 6.45) is 0. The highest BCUT2D eigenvalue weighted by atomic mass is 35.5. The summed E-state index contributed by atoms with van der Waals surface area (Å²) in [7, 11) is 0. The van der Waals surface area contributed by atoms with Crippen molar-refractivity contribution in [3.05, 3.63) is 58.9 Å². The third-order valence-corrected chi connectivity index (χ3v) is 2.83. The maximum absolute atomic E-state index is 13.1. The third kappa shape index (κ3) is 3.85. The minimum Gasteiger partial charge on any atom is -0.332 e. The Hall–Kier alpha value is -1.79. The molecule has 2 nitrogen and oxygen atoms in total. The number of hydrogen-bond acceptors (Lipinski definition) is 1. The lowest BCUT2D eigenvalue weighted by atomic mass is 10.3. The minimum atomic E-state index is -0.737. The van der Waals surface area contributed by atoms with Gasteiger partial charge in [0.25, 0.3) is 0 Å². The summed E-state index contributed by atoms with van der Waals surface area (Å²) < 4.78 is 39.1. The average Bonchev–Trinajstić information content (AvgIpc) is 2.32. The quantitative estimate of drug-likeness (QED) is 0.794. The van der Waals surface area contributed by atoms with Crippen LogP contribution in [0.5, 0.6) is 0 Å². The summed E-state index contributed by atoms with van der Waals surface area (Å²) in [5, 5.41) is 5.51. The van der Waals surface area contributed by atoms with E-state index in [1.807, 2.05) is 0 Å². The van der Waals surface area contributed by atoms with Crippen molar-refractivity contribution in [3.8, 4) is 0 Å². The second kappa shape index (κ2) is 6.11. The fraction of sp³-hybridized carbons (Fsp3) is 0. The van der Waals surface area contributed by atoms with Crippen LogP contribution in [0.2, 0.25) is 5.02 Å². The predicted octanol–water partition coefficient (Wildman–Crippen LogP) is 4.57. The van der Waals surface area contributed by atoms with Gasteiger partial charge in [0.2, 0.25) is 0 Å². The molecule has 0 radical (unpaired) electrons. The Morgan fingerprint density at radius 2 is 1.55 bits per heavy atom. The van der Waals surface area contributed by atoms with E-state index in [0.29, 0.717) is 0 Å². The number of halogens is 4. The van der Waals surface area contributed by atoms with Crippen LogP contribution < -0.4 is 10.6 Å². The van der Waals surface area contributed by atoms with Crippen molar-refractivity contribution in [2.24, 2.45) is 0 Å². The van der Waals surface area contributed by atoms with Crippen molar-refractivity contribution in [2.45, 2.75) is 0 Å². The molecule has 20 heavy (non-hydrogen) atoms. The summed E-state index contributed by atoms with van der Waals surface area (Å²) in [5.41, 5.74) is 0.383. The molecule has 0 unspecified atom stereocenters. The second-order valence-corrected chi connectivity index (χ2v) is 4.68. The Balaban J connectivity index is 2.11. The minimum absolute atomic E-state index is 0.0301. The molecule has 2 aromatic carbocycles. The van der Waals surface area contributed by atoms with Crippen molar-refractivity contribution in [3.63, 3.8) is 0 Å². The van der Waals surface area contributed by atoms with Gasteiger partial charge in [-0.15, -0.1) is 0 Å². The van der Waals surface area contributed by atoms with Crippen LogP contribution in [-0.4, -0.2) is 5.11 Å². The molecule has 2 aromatic rings. The molecule has 0 amide bonds. The summed E-state index contributed by atoms with van der Waals surface area (Å²) in [6, 6.07) is 6.61. The number of thiocarbonyl (C=S) groups is 1. The van der Waals surface area contributed by atoms with Crippen molar-refractivity contribution < 1.29 is 13.2 Å². The topological polar surface area (TPSA) is 24.1 Å². The van der Waals surface area contributed by atoms with Crippen molar-refractivity contribution >= 4 is 40.3 Å². The summed E-state index contributed by atoms with van der Waals surface area (Å²) in [4.78, 5) is 0. The van der Waals surface area contributed by atoms with E-state index in [1.54, 1.807) is 0 Å². The first-order valence-corrected chi connectivity index (χ1v) is 6.22. The number of anilines is 2.